The molecule has 0 aliphatic rings. The van der Waals surface area contributed by atoms with Crippen LogP contribution in [0.25, 0.3) is 0 Å². The van der Waals surface area contributed by atoms with Gasteiger partial charge < -0.3 is 10.3 Å². The van der Waals surface area contributed by atoms with E-state index >= 15 is 0 Å². The molecule has 7 heteroatoms. The van der Waals surface area contributed by atoms with Crippen molar-refractivity contribution in [2.45, 2.75) is 6.54 Å². The van der Waals surface area contributed by atoms with E-state index in [1.165, 1.54) is 0 Å². The van der Waals surface area contributed by atoms with Crippen molar-refractivity contribution in [2.24, 2.45) is 0 Å². The first-order valence-electron chi connectivity index (χ1n) is 4.72. The van der Waals surface area contributed by atoms with E-state index in [4.69, 9.17) is 0 Å². The number of nitrogens with one attached hydrogen (secondary N) is 2. The molecule has 84 valence electrons. The van der Waals surface area contributed by atoms with E-state index in [1.807, 2.05) is 0 Å². The Morgan fingerprint density at radius 2 is 2.50 bits per heavy atom. The lowest BCUT2D eigenvalue weighted by molar-refractivity contribution is 0.0947. The van der Waals surface area contributed by atoms with E-state index in [-0.39, 0.29) is 5.91 Å². The normalized spacial score (nSPS) is 10.3. The van der Waals surface area contributed by atoms with Gasteiger partial charge in [-0.3, -0.25) is 9.48 Å². The molecule has 0 fully saturated rings. The molecule has 2 N–H and O–H groups in total. The van der Waals surface area contributed by atoms with Gasteiger partial charge in [0.15, 0.2) is 0 Å². The second kappa shape index (κ2) is 4.93. The number of hydrogen-bond donors (Lipinski definition) is 2. The molecule has 0 atom stereocenters. The third-order valence-electron chi connectivity index (χ3n) is 1.99. The molecule has 0 saturated carbocycles. The fraction of sp³-hybridized carbons (Fsp3) is 0.222. The van der Waals surface area contributed by atoms with Gasteiger partial charge in [-0.2, -0.15) is 0 Å². The Balaban J connectivity index is 1.80. The number of hydrogen-bond acceptors (Lipinski definition) is 3. The van der Waals surface area contributed by atoms with Crippen LogP contribution >= 0.6 is 15.9 Å². The smallest absolute Gasteiger partial charge is 0.267 e. The molecule has 16 heavy (non-hydrogen) atoms. The van der Waals surface area contributed by atoms with E-state index in [9.17, 15) is 4.79 Å². The Hall–Kier alpha value is -1.63. The molecular formula is C9H10BrN5O. The largest absolute Gasteiger partial charge is 0.356 e. The molecule has 0 aliphatic heterocycles. The summed E-state index contributed by atoms with van der Waals surface area (Å²) >= 11 is 3.27. The molecule has 2 aromatic heterocycles. The maximum atomic E-state index is 11.6. The average Bonchev–Trinajstić information content (AvgIpc) is 2.89. The van der Waals surface area contributed by atoms with Gasteiger partial charge in [-0.15, -0.1) is 5.10 Å². The minimum atomic E-state index is -0.134. The number of carbonyl (C=O) groups is 1. The third-order valence-corrected chi connectivity index (χ3v) is 2.45. The Labute approximate surface area is 100 Å². The van der Waals surface area contributed by atoms with Crippen LogP contribution in [-0.2, 0) is 6.54 Å². The quantitative estimate of drug-likeness (QED) is 0.872. The van der Waals surface area contributed by atoms with Gasteiger partial charge in [-0.05, 0) is 22.0 Å². The molecule has 2 heterocycles. The van der Waals surface area contributed by atoms with Crippen molar-refractivity contribution in [3.8, 4) is 0 Å². The standard InChI is InChI=1S/C9H10BrN5O/c10-7-5-8(12-6-7)9(16)11-1-3-15-4-2-13-14-15/h2,4-6,12H,1,3H2,(H,11,16). The van der Waals surface area contributed by atoms with Crippen molar-refractivity contribution in [1.82, 2.24) is 25.3 Å². The first kappa shape index (κ1) is 10.9. The maximum Gasteiger partial charge on any atom is 0.267 e. The Bertz CT molecular complexity index is 464. The molecule has 1 amide bonds. The highest BCUT2D eigenvalue weighted by Crippen LogP contribution is 2.09. The predicted molar refractivity (Wildman–Crippen MR) is 60.8 cm³/mol. The summed E-state index contributed by atoms with van der Waals surface area (Å²) in [5.41, 5.74) is 0.533. The molecular weight excluding hydrogens is 274 g/mol. The van der Waals surface area contributed by atoms with Crippen molar-refractivity contribution in [3.63, 3.8) is 0 Å². The van der Waals surface area contributed by atoms with Crippen LogP contribution in [0.3, 0.4) is 0 Å². The molecule has 0 spiro atoms. The first-order chi connectivity index (χ1) is 7.75. The maximum absolute atomic E-state index is 11.6. The van der Waals surface area contributed by atoms with Crippen LogP contribution in [0.15, 0.2) is 29.1 Å². The average molecular weight is 284 g/mol. The van der Waals surface area contributed by atoms with Gasteiger partial charge in [-0.25, -0.2) is 0 Å². The summed E-state index contributed by atoms with van der Waals surface area (Å²) in [4.78, 5) is 14.4. The van der Waals surface area contributed by atoms with Crippen molar-refractivity contribution in [3.05, 3.63) is 34.8 Å². The monoisotopic (exact) mass is 283 g/mol. The van der Waals surface area contributed by atoms with Gasteiger partial charge in [0.25, 0.3) is 5.91 Å². The SMILES string of the molecule is O=C(NCCn1ccnn1)c1cc(Br)c[nH]1. The fourth-order valence-electron chi connectivity index (χ4n) is 1.23. The molecule has 0 radical (unpaired) electrons. The second-order valence-electron chi connectivity index (χ2n) is 3.15. The number of rotatable bonds is 4. The summed E-state index contributed by atoms with van der Waals surface area (Å²) in [6.07, 6.45) is 5.06. The van der Waals surface area contributed by atoms with Crippen LogP contribution in [0.4, 0.5) is 0 Å². The Morgan fingerprint density at radius 3 is 3.12 bits per heavy atom. The van der Waals surface area contributed by atoms with Gasteiger partial charge in [-0.1, -0.05) is 5.21 Å². The second-order valence-corrected chi connectivity index (χ2v) is 4.07. The zero-order valence-electron chi connectivity index (χ0n) is 8.35. The molecule has 6 nitrogen and oxygen atoms in total. The Morgan fingerprint density at radius 1 is 1.62 bits per heavy atom. The van der Waals surface area contributed by atoms with Crippen LogP contribution in [0.2, 0.25) is 0 Å². The van der Waals surface area contributed by atoms with Crippen LogP contribution in [0, 0.1) is 0 Å². The lowest BCUT2D eigenvalue weighted by Gasteiger charge is -2.02. The molecule has 2 aromatic rings. The molecule has 0 saturated heterocycles. The van der Waals surface area contributed by atoms with Crippen molar-refractivity contribution >= 4 is 21.8 Å². The van der Waals surface area contributed by atoms with Gasteiger partial charge in [0.1, 0.15) is 5.69 Å². The van der Waals surface area contributed by atoms with Crippen LogP contribution in [0.5, 0.6) is 0 Å². The van der Waals surface area contributed by atoms with E-state index in [0.717, 1.165) is 4.47 Å². The summed E-state index contributed by atoms with van der Waals surface area (Å²) in [5.74, 6) is -0.134. The zero-order valence-corrected chi connectivity index (χ0v) is 9.94. The summed E-state index contributed by atoms with van der Waals surface area (Å²) in [5, 5.41) is 10.2. The Kier molecular flexibility index (Phi) is 3.35. The summed E-state index contributed by atoms with van der Waals surface area (Å²) in [6.45, 7) is 1.12. The highest BCUT2D eigenvalue weighted by Gasteiger charge is 2.06. The first-order valence-corrected chi connectivity index (χ1v) is 5.51. The van der Waals surface area contributed by atoms with Crippen molar-refractivity contribution < 1.29 is 4.79 Å². The summed E-state index contributed by atoms with van der Waals surface area (Å²) in [6, 6.07) is 1.73. The topological polar surface area (TPSA) is 75.6 Å². The van der Waals surface area contributed by atoms with Crippen molar-refractivity contribution in [2.75, 3.05) is 6.54 Å². The van der Waals surface area contributed by atoms with E-state index in [0.29, 0.717) is 18.8 Å². The molecule has 0 bridgehead atoms. The molecule has 2 rings (SSSR count). The molecule has 0 aromatic carbocycles. The summed E-state index contributed by atoms with van der Waals surface area (Å²) < 4.78 is 2.51. The number of halogens is 1. The van der Waals surface area contributed by atoms with Gasteiger partial charge in [0, 0.05) is 23.4 Å². The number of aromatic amines is 1. The van der Waals surface area contributed by atoms with Crippen LogP contribution < -0.4 is 5.32 Å². The van der Waals surface area contributed by atoms with E-state index in [2.05, 4.69) is 36.5 Å². The molecule has 0 aliphatic carbocycles. The van der Waals surface area contributed by atoms with Crippen LogP contribution in [0.1, 0.15) is 10.5 Å². The minimum Gasteiger partial charge on any atom is -0.356 e. The zero-order chi connectivity index (χ0) is 11.4. The highest BCUT2D eigenvalue weighted by atomic mass is 79.9. The molecule has 0 unspecified atom stereocenters. The predicted octanol–water partition coefficient (Wildman–Crippen LogP) is 0.799. The number of H-pyrrole nitrogens is 1. The van der Waals surface area contributed by atoms with E-state index < -0.39 is 0 Å². The van der Waals surface area contributed by atoms with Crippen molar-refractivity contribution in [1.29, 1.82) is 0 Å². The van der Waals surface area contributed by atoms with Crippen LogP contribution in [-0.4, -0.2) is 32.4 Å². The highest BCUT2D eigenvalue weighted by molar-refractivity contribution is 9.10. The van der Waals surface area contributed by atoms with Gasteiger partial charge in [0.05, 0.1) is 12.7 Å². The lowest BCUT2D eigenvalue weighted by Crippen LogP contribution is -2.27. The number of aromatic nitrogens is 4. The van der Waals surface area contributed by atoms with Gasteiger partial charge in [0.2, 0.25) is 0 Å². The minimum absolute atomic E-state index is 0.134. The third kappa shape index (κ3) is 2.69. The lowest BCUT2D eigenvalue weighted by atomic mass is 10.4. The number of nitrogens with zero attached hydrogens (tertiary/aromatic N) is 3. The number of carbonyl (C=O) groups excluding carboxylic acids is 1. The van der Waals surface area contributed by atoms with Gasteiger partial charge >= 0.3 is 0 Å². The van der Waals surface area contributed by atoms with E-state index in [1.54, 1.807) is 29.3 Å². The number of amides is 1. The summed E-state index contributed by atoms with van der Waals surface area (Å²) in [7, 11) is 0. The fourth-order valence-corrected chi connectivity index (χ4v) is 1.57.